The van der Waals surface area contributed by atoms with E-state index in [0.717, 1.165) is 71.9 Å². The van der Waals surface area contributed by atoms with E-state index in [1.165, 1.54) is 0 Å². The summed E-state index contributed by atoms with van der Waals surface area (Å²) in [5.41, 5.74) is 5.25. The summed E-state index contributed by atoms with van der Waals surface area (Å²) in [5.74, 6) is 7.98. The molecule has 0 aliphatic heterocycles. The lowest BCUT2D eigenvalue weighted by atomic mass is 9.96. The molecule has 206 valence electrons. The Balaban J connectivity index is 1.19. The average molecular weight is 561 g/mol. The summed E-state index contributed by atoms with van der Waals surface area (Å²) in [5, 5.41) is 0. The third-order valence-electron chi connectivity index (χ3n) is 9.05. The van der Waals surface area contributed by atoms with Gasteiger partial charge in [-0.3, -0.25) is 13.6 Å². The number of phosphoric ester groups is 1. The van der Waals surface area contributed by atoms with Crippen LogP contribution in [0.5, 0.6) is 0 Å². The second-order valence-electron chi connectivity index (χ2n) is 11.8. The molecule has 0 saturated heterocycles. The molecule has 0 unspecified atom stereocenters. The minimum atomic E-state index is -3.89. The number of phosphoric acid groups is 1. The molecule has 3 saturated carbocycles. The molecule has 0 heterocycles. The molecule has 3 aromatic carbocycles. The van der Waals surface area contributed by atoms with Crippen LogP contribution in [0.3, 0.4) is 0 Å². The van der Waals surface area contributed by atoms with E-state index in [0.29, 0.717) is 0 Å². The Kier molecular flexibility index (Phi) is 7.20. The van der Waals surface area contributed by atoms with E-state index in [9.17, 15) is 4.57 Å². The number of benzene rings is 3. The molecule has 3 aromatic rings. The van der Waals surface area contributed by atoms with Crippen LogP contribution in [0.1, 0.15) is 71.9 Å². The molecule has 5 heteroatoms. The van der Waals surface area contributed by atoms with Crippen LogP contribution in [0, 0.1) is 37.0 Å². The smallest absolute Gasteiger partial charge is 0.286 e. The highest BCUT2D eigenvalue weighted by Crippen LogP contribution is 2.60. The van der Waals surface area contributed by atoms with Gasteiger partial charge in [-0.1, -0.05) is 54.2 Å². The fraction of sp³-hybridized carbons (Fsp3) is 0.333. The van der Waals surface area contributed by atoms with Crippen molar-refractivity contribution in [1.82, 2.24) is 0 Å². The lowest BCUT2D eigenvalue weighted by Gasteiger charge is -2.26. The van der Waals surface area contributed by atoms with Crippen molar-refractivity contribution in [3.05, 3.63) is 106 Å². The van der Waals surface area contributed by atoms with Gasteiger partial charge in [-0.15, -0.1) is 19.3 Å². The molecule has 3 aliphatic rings. The molecule has 0 bridgehead atoms. The molecule has 0 amide bonds. The zero-order valence-electron chi connectivity index (χ0n) is 23.1. The highest BCUT2D eigenvalue weighted by atomic mass is 31.2. The van der Waals surface area contributed by atoms with E-state index < -0.39 is 7.82 Å². The van der Waals surface area contributed by atoms with Crippen LogP contribution in [0.4, 0.5) is 0 Å². The van der Waals surface area contributed by atoms with Gasteiger partial charge >= 0.3 is 7.82 Å². The summed E-state index contributed by atoms with van der Waals surface area (Å²) in [4.78, 5) is 0. The van der Waals surface area contributed by atoms with Crippen LogP contribution < -0.4 is 0 Å². The van der Waals surface area contributed by atoms with E-state index in [-0.39, 0.29) is 36.1 Å². The fourth-order valence-electron chi connectivity index (χ4n) is 5.48. The van der Waals surface area contributed by atoms with Crippen molar-refractivity contribution in [2.24, 2.45) is 0 Å². The molecule has 41 heavy (non-hydrogen) atoms. The van der Waals surface area contributed by atoms with Crippen molar-refractivity contribution in [3.63, 3.8) is 0 Å². The quantitative estimate of drug-likeness (QED) is 0.173. The lowest BCUT2D eigenvalue weighted by Crippen LogP contribution is -2.21. The van der Waals surface area contributed by atoms with Crippen LogP contribution in [0.25, 0.3) is 0 Å². The predicted molar refractivity (Wildman–Crippen MR) is 161 cm³/mol. The Morgan fingerprint density at radius 3 is 0.951 bits per heavy atom. The first kappa shape index (κ1) is 27.6. The minimum absolute atomic E-state index is 0.208. The maximum Gasteiger partial charge on any atom is 0.474 e. The van der Waals surface area contributed by atoms with Crippen LogP contribution in [-0.2, 0) is 34.4 Å². The van der Waals surface area contributed by atoms with Crippen LogP contribution >= 0.6 is 7.82 Å². The minimum Gasteiger partial charge on any atom is -0.286 e. The molecule has 0 atom stereocenters. The summed E-state index contributed by atoms with van der Waals surface area (Å²) < 4.78 is 32.8. The zero-order chi connectivity index (χ0) is 28.6. The van der Waals surface area contributed by atoms with Crippen molar-refractivity contribution < 1.29 is 18.1 Å². The maximum atomic E-state index is 14.3. The Labute approximate surface area is 243 Å². The topological polar surface area (TPSA) is 44.8 Å². The summed E-state index contributed by atoms with van der Waals surface area (Å²) in [7, 11) is -3.89. The van der Waals surface area contributed by atoms with Gasteiger partial charge < -0.3 is 0 Å². The van der Waals surface area contributed by atoms with Gasteiger partial charge in [-0.25, -0.2) is 4.57 Å². The van der Waals surface area contributed by atoms with Gasteiger partial charge in [0, 0.05) is 32.9 Å². The average Bonchev–Trinajstić information content (AvgIpc) is 3.91. The van der Waals surface area contributed by atoms with Gasteiger partial charge in [-0.05, 0) is 91.6 Å². The molecule has 3 aliphatic carbocycles. The van der Waals surface area contributed by atoms with Gasteiger partial charge in [0.25, 0.3) is 0 Å². The van der Waals surface area contributed by atoms with E-state index in [1.807, 2.05) is 72.8 Å². The third kappa shape index (κ3) is 5.79. The Morgan fingerprint density at radius 2 is 0.756 bits per heavy atom. The first-order valence-electron chi connectivity index (χ1n) is 14.1. The largest absolute Gasteiger partial charge is 0.474 e. The molecule has 4 nitrogen and oxygen atoms in total. The normalized spacial score (nSPS) is 18.9. The monoisotopic (exact) mass is 560 g/mol. The molecule has 0 aromatic heterocycles. The summed E-state index contributed by atoms with van der Waals surface area (Å²) in [6, 6.07) is 23.9. The van der Waals surface area contributed by atoms with Crippen molar-refractivity contribution >= 4 is 7.82 Å². The van der Waals surface area contributed by atoms with Crippen LogP contribution in [0.2, 0.25) is 0 Å². The molecular formula is C36H33O4P. The zero-order valence-corrected chi connectivity index (χ0v) is 24.0. The second kappa shape index (κ2) is 10.7. The first-order valence-corrected chi connectivity index (χ1v) is 15.6. The number of terminal acetylenes is 3. The Hall–Kier alpha value is -3.55. The highest BCUT2D eigenvalue weighted by molar-refractivity contribution is 7.48. The van der Waals surface area contributed by atoms with Gasteiger partial charge in [0.2, 0.25) is 0 Å². The Morgan fingerprint density at radius 1 is 0.512 bits per heavy atom. The maximum absolute atomic E-state index is 14.3. The predicted octanol–water partition coefficient (Wildman–Crippen LogP) is 7.28. The van der Waals surface area contributed by atoms with Gasteiger partial charge in [-0.2, -0.15) is 0 Å². The van der Waals surface area contributed by atoms with E-state index >= 15 is 0 Å². The van der Waals surface area contributed by atoms with Crippen molar-refractivity contribution in [2.75, 3.05) is 19.8 Å². The van der Waals surface area contributed by atoms with Crippen LogP contribution in [-0.4, -0.2) is 19.8 Å². The lowest BCUT2D eigenvalue weighted by molar-refractivity contribution is 0.0915. The third-order valence-corrected chi connectivity index (χ3v) is 10.4. The van der Waals surface area contributed by atoms with E-state index in [1.54, 1.807) is 0 Å². The standard InChI is InChI=1S/C36H33O4P/c1-4-28-7-13-31(14-8-28)34(19-20-34)25-38-41(37,39-26-35(21-22-35)32-15-9-29(5-2)10-16-32)40-27-36(23-24-36)33-17-11-30(6-3)12-18-33/h1-3,7-18H,19-27H2. The molecule has 3 fully saturated rings. The summed E-state index contributed by atoms with van der Waals surface area (Å²) in [6.07, 6.45) is 22.3. The summed E-state index contributed by atoms with van der Waals surface area (Å²) in [6.45, 7) is 0.772. The van der Waals surface area contributed by atoms with E-state index in [2.05, 4.69) is 17.8 Å². The highest BCUT2D eigenvalue weighted by Gasteiger charge is 2.51. The molecule has 6 rings (SSSR count). The first-order chi connectivity index (χ1) is 19.9. The van der Waals surface area contributed by atoms with Crippen molar-refractivity contribution in [1.29, 1.82) is 0 Å². The second-order valence-corrected chi connectivity index (χ2v) is 13.4. The van der Waals surface area contributed by atoms with Gasteiger partial charge in [0.05, 0.1) is 19.8 Å². The van der Waals surface area contributed by atoms with Gasteiger partial charge in [0.15, 0.2) is 0 Å². The molecule has 0 N–H and O–H groups in total. The number of rotatable bonds is 12. The van der Waals surface area contributed by atoms with Crippen molar-refractivity contribution in [3.8, 4) is 37.0 Å². The molecular weight excluding hydrogens is 527 g/mol. The van der Waals surface area contributed by atoms with E-state index in [4.69, 9.17) is 32.8 Å². The van der Waals surface area contributed by atoms with Crippen LogP contribution in [0.15, 0.2) is 72.8 Å². The number of hydrogen-bond acceptors (Lipinski definition) is 4. The van der Waals surface area contributed by atoms with Crippen molar-refractivity contribution in [2.45, 2.75) is 54.8 Å². The number of hydrogen-bond donors (Lipinski definition) is 0. The Bertz CT molecular complexity index is 1390. The summed E-state index contributed by atoms with van der Waals surface area (Å²) >= 11 is 0. The van der Waals surface area contributed by atoms with Gasteiger partial charge in [0.1, 0.15) is 0 Å². The molecule has 0 spiro atoms. The fourth-order valence-corrected chi connectivity index (χ4v) is 6.92. The SMILES string of the molecule is C#Cc1ccc(C2(COP(=O)(OCC3(c4ccc(C#C)cc4)CC3)OCC3(c4ccc(C#C)cc4)CC3)CC2)cc1. The molecule has 0 radical (unpaired) electrons.